The van der Waals surface area contributed by atoms with E-state index in [1.54, 1.807) is 0 Å². The molecule has 3 rings (SSSR count). The summed E-state index contributed by atoms with van der Waals surface area (Å²) in [6.45, 7) is 4.69. The fourth-order valence-corrected chi connectivity index (χ4v) is 3.55. The van der Waals surface area contributed by atoms with Gasteiger partial charge in [0.2, 0.25) is 0 Å². The predicted octanol–water partition coefficient (Wildman–Crippen LogP) is 2.53. The Labute approximate surface area is 127 Å². The lowest BCUT2D eigenvalue weighted by atomic mass is 9.84. The number of ether oxygens (including phenoxy) is 1. The molecule has 4 heteroatoms. The summed E-state index contributed by atoms with van der Waals surface area (Å²) >= 11 is 0. The highest BCUT2D eigenvalue weighted by atomic mass is 16.5. The van der Waals surface area contributed by atoms with Crippen molar-refractivity contribution in [2.75, 3.05) is 13.2 Å². The molecule has 21 heavy (non-hydrogen) atoms. The van der Waals surface area contributed by atoms with Crippen LogP contribution in [0.2, 0.25) is 0 Å². The van der Waals surface area contributed by atoms with Gasteiger partial charge < -0.3 is 15.4 Å². The fourth-order valence-electron chi connectivity index (χ4n) is 3.55. The number of hydrogen-bond acceptors (Lipinski definition) is 4. The molecule has 1 saturated heterocycles. The van der Waals surface area contributed by atoms with Crippen molar-refractivity contribution in [1.82, 2.24) is 4.90 Å². The normalized spacial score (nSPS) is 28.9. The Morgan fingerprint density at radius 1 is 1.38 bits per heavy atom. The van der Waals surface area contributed by atoms with Crippen LogP contribution in [0.4, 0.5) is 0 Å². The van der Waals surface area contributed by atoms with Gasteiger partial charge in [-0.05, 0) is 24.8 Å². The zero-order chi connectivity index (χ0) is 14.7. The van der Waals surface area contributed by atoms with Crippen LogP contribution in [0.25, 0.3) is 0 Å². The van der Waals surface area contributed by atoms with Gasteiger partial charge in [0.25, 0.3) is 0 Å². The lowest BCUT2D eigenvalue weighted by Gasteiger charge is -2.44. The summed E-state index contributed by atoms with van der Waals surface area (Å²) in [7, 11) is 0. The van der Waals surface area contributed by atoms with E-state index in [4.69, 9.17) is 10.5 Å². The van der Waals surface area contributed by atoms with Crippen LogP contribution < -0.4 is 5.73 Å². The minimum absolute atomic E-state index is 0.0675. The van der Waals surface area contributed by atoms with E-state index in [9.17, 15) is 0 Å². The SMILES string of the molecule is CCCC1CC2(CCO1)CN=C(N)N2Cc1ccccc1. The summed E-state index contributed by atoms with van der Waals surface area (Å²) < 4.78 is 5.92. The lowest BCUT2D eigenvalue weighted by Crippen LogP contribution is -2.55. The van der Waals surface area contributed by atoms with Crippen LogP contribution in [-0.4, -0.2) is 35.7 Å². The molecule has 2 unspecified atom stereocenters. The molecule has 0 aromatic heterocycles. The van der Waals surface area contributed by atoms with E-state index in [1.807, 2.05) is 6.07 Å². The first-order valence-corrected chi connectivity index (χ1v) is 7.96. The maximum atomic E-state index is 6.19. The van der Waals surface area contributed by atoms with E-state index in [0.717, 1.165) is 45.4 Å². The Morgan fingerprint density at radius 2 is 2.19 bits per heavy atom. The number of aliphatic imine (C=N–C) groups is 1. The van der Waals surface area contributed by atoms with Crippen molar-refractivity contribution in [2.45, 2.75) is 50.8 Å². The van der Waals surface area contributed by atoms with Gasteiger partial charge in [-0.3, -0.25) is 4.99 Å². The molecule has 2 heterocycles. The Bertz CT molecular complexity index is 500. The summed E-state index contributed by atoms with van der Waals surface area (Å²) in [5.74, 6) is 0.691. The number of guanidine groups is 1. The molecule has 0 radical (unpaired) electrons. The largest absolute Gasteiger partial charge is 0.378 e. The van der Waals surface area contributed by atoms with E-state index < -0.39 is 0 Å². The van der Waals surface area contributed by atoms with Crippen LogP contribution in [0.3, 0.4) is 0 Å². The van der Waals surface area contributed by atoms with E-state index in [1.165, 1.54) is 5.56 Å². The smallest absolute Gasteiger partial charge is 0.192 e. The van der Waals surface area contributed by atoms with Crippen LogP contribution in [0.15, 0.2) is 35.3 Å². The molecule has 0 aliphatic carbocycles. The van der Waals surface area contributed by atoms with Gasteiger partial charge in [0.1, 0.15) is 0 Å². The average molecular weight is 287 g/mol. The van der Waals surface area contributed by atoms with E-state index >= 15 is 0 Å². The molecule has 2 aliphatic rings. The van der Waals surface area contributed by atoms with Gasteiger partial charge in [-0.1, -0.05) is 43.7 Å². The number of rotatable bonds is 4. The van der Waals surface area contributed by atoms with Crippen LogP contribution in [0, 0.1) is 0 Å². The highest BCUT2D eigenvalue weighted by molar-refractivity contribution is 5.81. The maximum Gasteiger partial charge on any atom is 0.192 e. The molecule has 2 N–H and O–H groups in total. The third-order valence-electron chi connectivity index (χ3n) is 4.71. The van der Waals surface area contributed by atoms with E-state index in [-0.39, 0.29) is 5.54 Å². The van der Waals surface area contributed by atoms with Crippen molar-refractivity contribution in [3.8, 4) is 0 Å². The quantitative estimate of drug-likeness (QED) is 0.926. The molecule has 2 aliphatic heterocycles. The zero-order valence-corrected chi connectivity index (χ0v) is 12.8. The fraction of sp³-hybridized carbons (Fsp3) is 0.588. The molecule has 2 atom stereocenters. The number of hydrogen-bond donors (Lipinski definition) is 1. The molecule has 114 valence electrons. The standard InChI is InChI=1S/C17H25N3O/c1-2-6-15-11-17(9-10-21-15)13-19-16(18)20(17)12-14-7-4-3-5-8-14/h3-5,7-8,15H,2,6,9-13H2,1H3,(H2,18,19). The van der Waals surface area contributed by atoms with Gasteiger partial charge in [0, 0.05) is 13.2 Å². The summed E-state index contributed by atoms with van der Waals surface area (Å²) in [5.41, 5.74) is 7.54. The van der Waals surface area contributed by atoms with E-state index in [2.05, 4.69) is 41.1 Å². The number of benzene rings is 1. The topological polar surface area (TPSA) is 50.9 Å². The highest BCUT2D eigenvalue weighted by Gasteiger charge is 2.45. The molecule has 0 saturated carbocycles. The molecule has 0 amide bonds. The highest BCUT2D eigenvalue weighted by Crippen LogP contribution is 2.36. The summed E-state index contributed by atoms with van der Waals surface area (Å²) in [6.07, 6.45) is 4.70. The number of nitrogens with two attached hydrogens (primary N) is 1. The average Bonchev–Trinajstić information content (AvgIpc) is 2.78. The first kappa shape index (κ1) is 14.4. The summed E-state index contributed by atoms with van der Waals surface area (Å²) in [5, 5.41) is 0. The van der Waals surface area contributed by atoms with Gasteiger partial charge in [0.05, 0.1) is 18.2 Å². The molecule has 1 aromatic rings. The van der Waals surface area contributed by atoms with Gasteiger partial charge in [0.15, 0.2) is 5.96 Å². The van der Waals surface area contributed by atoms with Gasteiger partial charge in [-0.2, -0.15) is 0 Å². The molecule has 0 bridgehead atoms. The molecular formula is C17H25N3O. The van der Waals surface area contributed by atoms with Crippen molar-refractivity contribution in [3.05, 3.63) is 35.9 Å². The Kier molecular flexibility index (Phi) is 4.15. The van der Waals surface area contributed by atoms with Crippen molar-refractivity contribution >= 4 is 5.96 Å². The minimum atomic E-state index is 0.0675. The summed E-state index contributed by atoms with van der Waals surface area (Å²) in [6, 6.07) is 10.5. The summed E-state index contributed by atoms with van der Waals surface area (Å²) in [4.78, 5) is 6.86. The van der Waals surface area contributed by atoms with Crippen LogP contribution in [-0.2, 0) is 11.3 Å². The Balaban J connectivity index is 1.77. The molecular weight excluding hydrogens is 262 g/mol. The molecule has 4 nitrogen and oxygen atoms in total. The lowest BCUT2D eigenvalue weighted by molar-refractivity contribution is -0.0523. The molecule has 1 aromatic carbocycles. The monoisotopic (exact) mass is 287 g/mol. The van der Waals surface area contributed by atoms with Crippen molar-refractivity contribution in [3.63, 3.8) is 0 Å². The Hall–Kier alpha value is -1.55. The third kappa shape index (κ3) is 2.91. The van der Waals surface area contributed by atoms with Crippen molar-refractivity contribution in [1.29, 1.82) is 0 Å². The van der Waals surface area contributed by atoms with E-state index in [0.29, 0.717) is 12.1 Å². The van der Waals surface area contributed by atoms with Crippen LogP contribution in [0.1, 0.15) is 38.2 Å². The first-order valence-electron chi connectivity index (χ1n) is 7.96. The van der Waals surface area contributed by atoms with Gasteiger partial charge in [-0.15, -0.1) is 0 Å². The van der Waals surface area contributed by atoms with Crippen molar-refractivity contribution < 1.29 is 4.74 Å². The Morgan fingerprint density at radius 3 is 2.95 bits per heavy atom. The van der Waals surface area contributed by atoms with Crippen molar-refractivity contribution in [2.24, 2.45) is 10.7 Å². The second kappa shape index (κ2) is 6.06. The van der Waals surface area contributed by atoms with Gasteiger partial charge in [-0.25, -0.2) is 0 Å². The van der Waals surface area contributed by atoms with Crippen LogP contribution >= 0.6 is 0 Å². The first-order chi connectivity index (χ1) is 10.2. The molecule has 1 fully saturated rings. The number of nitrogens with zero attached hydrogens (tertiary/aromatic N) is 2. The van der Waals surface area contributed by atoms with Crippen LogP contribution in [0.5, 0.6) is 0 Å². The third-order valence-corrected chi connectivity index (χ3v) is 4.71. The zero-order valence-electron chi connectivity index (χ0n) is 12.8. The molecule has 1 spiro atoms. The second-order valence-electron chi connectivity index (χ2n) is 6.21. The minimum Gasteiger partial charge on any atom is -0.378 e. The predicted molar refractivity (Wildman–Crippen MR) is 85.1 cm³/mol. The van der Waals surface area contributed by atoms with Gasteiger partial charge >= 0.3 is 0 Å². The maximum absolute atomic E-state index is 6.19. The second-order valence-corrected chi connectivity index (χ2v) is 6.21.